The molecule has 0 aromatic heterocycles. The fourth-order valence-corrected chi connectivity index (χ4v) is 9.35. The molecule has 62 heavy (non-hydrogen) atoms. The minimum absolute atomic E-state index is 0.0805. The average molecular weight is 795 g/mol. The van der Waals surface area contributed by atoms with Gasteiger partial charge in [0.05, 0.1) is 13.7 Å². The van der Waals surface area contributed by atoms with Crippen molar-refractivity contribution in [2.45, 2.75) is 10.8 Å². The van der Waals surface area contributed by atoms with E-state index in [1.807, 2.05) is 42.5 Å². The molecule has 10 rings (SSSR count). The van der Waals surface area contributed by atoms with E-state index in [-0.39, 0.29) is 6.61 Å². The number of hydrogen-bond acceptors (Lipinski definition) is 2. The largest absolute Gasteiger partial charge is 0.496 e. The predicted octanol–water partition coefficient (Wildman–Crippen LogP) is 12.4. The Morgan fingerprint density at radius 1 is 0.419 bits per heavy atom. The van der Waals surface area contributed by atoms with Crippen molar-refractivity contribution in [2.75, 3.05) is 13.7 Å². The predicted molar refractivity (Wildman–Crippen MR) is 254 cm³/mol. The van der Waals surface area contributed by atoms with Crippen LogP contribution in [0.3, 0.4) is 0 Å². The summed E-state index contributed by atoms with van der Waals surface area (Å²) < 4.78 is 6.07. The molecule has 0 heterocycles. The van der Waals surface area contributed by atoms with Crippen LogP contribution in [0.25, 0.3) is 34.6 Å². The molecule has 294 valence electrons. The number of fused-ring (bicyclic) bond motifs is 4. The lowest BCUT2D eigenvalue weighted by Crippen LogP contribution is -2.29. The monoisotopic (exact) mass is 794 g/mol. The molecule has 8 aromatic carbocycles. The molecule has 2 aliphatic carbocycles. The molecule has 0 bridgehead atoms. The van der Waals surface area contributed by atoms with Crippen molar-refractivity contribution in [3.05, 3.63) is 273 Å². The highest BCUT2D eigenvalue weighted by Gasteiger charge is 2.42. The minimum atomic E-state index is -0.835. The molecule has 2 aliphatic rings. The van der Waals surface area contributed by atoms with Gasteiger partial charge in [0.2, 0.25) is 0 Å². The third kappa shape index (κ3) is 6.56. The molecule has 0 amide bonds. The van der Waals surface area contributed by atoms with Gasteiger partial charge in [-0.05, 0) is 103 Å². The lowest BCUT2D eigenvalue weighted by molar-refractivity contribution is 0.350. The van der Waals surface area contributed by atoms with Crippen molar-refractivity contribution >= 4 is 23.5 Å². The van der Waals surface area contributed by atoms with E-state index in [9.17, 15) is 5.11 Å². The second-order valence-corrected chi connectivity index (χ2v) is 15.7. The molecule has 1 N–H and O–H groups in total. The van der Waals surface area contributed by atoms with Crippen LogP contribution in [0.2, 0.25) is 0 Å². The zero-order valence-corrected chi connectivity index (χ0v) is 34.3. The summed E-state index contributed by atoms with van der Waals surface area (Å²) in [5, 5.41) is 10.7. The molecule has 2 unspecified atom stereocenters. The molecular weight excluding hydrogens is 753 g/mol. The Bertz CT molecular complexity index is 2920. The lowest BCUT2D eigenvalue weighted by Gasteiger charge is -2.33. The van der Waals surface area contributed by atoms with Crippen LogP contribution in [0.15, 0.2) is 206 Å². The maximum Gasteiger partial charge on any atom is 0.127 e. The summed E-state index contributed by atoms with van der Waals surface area (Å²) in [7, 11) is 1.74. The van der Waals surface area contributed by atoms with E-state index in [0.29, 0.717) is 0 Å². The van der Waals surface area contributed by atoms with Crippen LogP contribution < -0.4 is 0 Å². The van der Waals surface area contributed by atoms with Crippen molar-refractivity contribution < 1.29 is 9.84 Å². The summed E-state index contributed by atoms with van der Waals surface area (Å²) in [5.74, 6) is 15.7. The maximum absolute atomic E-state index is 10.7. The first-order valence-corrected chi connectivity index (χ1v) is 21.0. The van der Waals surface area contributed by atoms with Gasteiger partial charge in [0.1, 0.15) is 16.6 Å². The van der Waals surface area contributed by atoms with Crippen LogP contribution in [-0.2, 0) is 15.6 Å². The highest BCUT2D eigenvalue weighted by atomic mass is 16.5. The normalized spacial score (nSPS) is 17.0. The standard InChI is InChI=1S/C60H42O2/c1-62-58-41-48-21-9-13-25-55(48)60(57-27-15-11-23-53(57)58,39-37-44-18-6-3-7-19-44)51-34-30-46(31-35-51)45-28-32-50(33-29-45)59(38-36-43-16-4-2-5-17-43)54-24-12-8-20-47(54)40-49(42-61)52-22-10-14-26-56(52)59/h2-35,40-41,61H,42H2,1H3. The second kappa shape index (κ2) is 16.3. The number of rotatable bonds is 5. The van der Waals surface area contributed by atoms with Crippen LogP contribution in [0.4, 0.5) is 0 Å². The SMILES string of the molecule is COC1=Cc2ccccc2C(C#Cc2ccccc2)(c2ccc(-c3ccc(C4(C#Cc5ccccc5)c5ccccc5C=C(CO)c5ccccc54)cc3)cc2)c2ccccc21. The van der Waals surface area contributed by atoms with E-state index in [1.54, 1.807) is 7.11 Å². The maximum atomic E-state index is 10.7. The zero-order chi connectivity index (χ0) is 41.9. The Balaban J connectivity index is 1.13. The summed E-state index contributed by atoms with van der Waals surface area (Å²) in [5.41, 5.74) is 13.8. The van der Waals surface area contributed by atoms with Gasteiger partial charge in [0.25, 0.3) is 0 Å². The average Bonchev–Trinajstić information content (AvgIpc) is 3.55. The highest BCUT2D eigenvalue weighted by molar-refractivity contribution is 5.90. The smallest absolute Gasteiger partial charge is 0.127 e. The van der Waals surface area contributed by atoms with E-state index in [0.717, 1.165) is 89.2 Å². The van der Waals surface area contributed by atoms with Crippen LogP contribution >= 0.6 is 0 Å². The van der Waals surface area contributed by atoms with E-state index >= 15 is 0 Å². The van der Waals surface area contributed by atoms with E-state index in [2.05, 4.69) is 200 Å². The highest BCUT2D eigenvalue weighted by Crippen LogP contribution is 2.49. The first kappa shape index (κ1) is 38.3. The molecule has 2 heteroatoms. The van der Waals surface area contributed by atoms with Gasteiger partial charge in [-0.2, -0.15) is 0 Å². The number of benzene rings is 8. The van der Waals surface area contributed by atoms with Crippen molar-refractivity contribution in [2.24, 2.45) is 0 Å². The number of aliphatic hydroxyl groups is 1. The Labute approximate surface area is 364 Å². The fraction of sp³-hybridized carbons (Fsp3) is 0.0667. The van der Waals surface area contributed by atoms with Crippen molar-refractivity contribution in [1.29, 1.82) is 0 Å². The van der Waals surface area contributed by atoms with E-state index in [4.69, 9.17) is 4.74 Å². The zero-order valence-electron chi connectivity index (χ0n) is 34.3. The fourth-order valence-electron chi connectivity index (χ4n) is 9.35. The number of methoxy groups -OCH3 is 1. The van der Waals surface area contributed by atoms with Gasteiger partial charge in [0.15, 0.2) is 0 Å². The van der Waals surface area contributed by atoms with Gasteiger partial charge in [-0.3, -0.25) is 0 Å². The molecule has 2 nitrogen and oxygen atoms in total. The Morgan fingerprint density at radius 3 is 1.31 bits per heavy atom. The quantitative estimate of drug-likeness (QED) is 0.176. The summed E-state index contributed by atoms with van der Waals surface area (Å²) in [6.07, 6.45) is 4.25. The second-order valence-electron chi connectivity index (χ2n) is 15.7. The molecule has 0 radical (unpaired) electrons. The van der Waals surface area contributed by atoms with Crippen molar-refractivity contribution in [1.82, 2.24) is 0 Å². The summed E-state index contributed by atoms with van der Waals surface area (Å²) in [6, 6.07) is 72.0. The van der Waals surface area contributed by atoms with Crippen LogP contribution in [0.5, 0.6) is 0 Å². The van der Waals surface area contributed by atoms with Crippen LogP contribution in [-0.4, -0.2) is 18.8 Å². The third-order valence-electron chi connectivity index (χ3n) is 12.3. The van der Waals surface area contributed by atoms with E-state index < -0.39 is 10.8 Å². The number of ether oxygens (including phenoxy) is 1. The molecule has 0 spiro atoms. The van der Waals surface area contributed by atoms with Gasteiger partial charge >= 0.3 is 0 Å². The lowest BCUT2D eigenvalue weighted by atomic mass is 9.67. The van der Waals surface area contributed by atoms with Crippen molar-refractivity contribution in [3.8, 4) is 34.8 Å². The van der Waals surface area contributed by atoms with Gasteiger partial charge in [-0.25, -0.2) is 0 Å². The molecule has 0 fully saturated rings. The number of aliphatic hydroxyl groups excluding tert-OH is 1. The first-order valence-electron chi connectivity index (χ1n) is 21.0. The van der Waals surface area contributed by atoms with Crippen LogP contribution in [0, 0.1) is 23.7 Å². The van der Waals surface area contributed by atoms with Gasteiger partial charge in [-0.1, -0.05) is 206 Å². The Hall–Kier alpha value is -7.88. The third-order valence-corrected chi connectivity index (χ3v) is 12.3. The topological polar surface area (TPSA) is 29.5 Å². The summed E-state index contributed by atoms with van der Waals surface area (Å²) in [6.45, 7) is -0.0805. The molecule has 8 aromatic rings. The van der Waals surface area contributed by atoms with Gasteiger partial charge < -0.3 is 9.84 Å². The van der Waals surface area contributed by atoms with Gasteiger partial charge in [-0.15, -0.1) is 0 Å². The minimum Gasteiger partial charge on any atom is -0.496 e. The molecule has 0 saturated carbocycles. The molecular formula is C60H42O2. The van der Waals surface area contributed by atoms with E-state index in [1.165, 1.54) is 0 Å². The van der Waals surface area contributed by atoms with Gasteiger partial charge in [0, 0.05) is 16.7 Å². The molecule has 0 saturated heterocycles. The Kier molecular flexibility index (Phi) is 10.1. The summed E-state index contributed by atoms with van der Waals surface area (Å²) in [4.78, 5) is 0. The Morgan fingerprint density at radius 2 is 0.823 bits per heavy atom. The summed E-state index contributed by atoms with van der Waals surface area (Å²) >= 11 is 0. The number of hydrogen-bond donors (Lipinski definition) is 1. The van der Waals surface area contributed by atoms with Crippen molar-refractivity contribution in [3.63, 3.8) is 0 Å². The van der Waals surface area contributed by atoms with Crippen LogP contribution in [0.1, 0.15) is 66.8 Å². The molecule has 2 atom stereocenters. The first-order chi connectivity index (χ1) is 30.6. The molecule has 0 aliphatic heterocycles.